The molecular weight excluding hydrogens is 459 g/mol. The first-order valence-corrected chi connectivity index (χ1v) is 11.1. The minimum atomic E-state index is -3.16. The minimum Gasteiger partial charge on any atom is -0.355 e. The molecule has 1 heterocycles. The molecule has 0 radical (unpaired) electrons. The Labute approximate surface area is 169 Å². The van der Waals surface area contributed by atoms with Gasteiger partial charge in [-0.3, -0.25) is 4.99 Å². The monoisotopic (exact) mass is 492 g/mol. The number of hydrogen-bond acceptors (Lipinski definition) is 4. The molecular formula is C15H33IN4O2S2. The maximum Gasteiger partial charge on any atom is 0.215 e. The van der Waals surface area contributed by atoms with Crippen molar-refractivity contribution in [3.8, 4) is 0 Å². The average molecular weight is 492 g/mol. The number of sulfonamides is 1. The fourth-order valence-electron chi connectivity index (χ4n) is 2.34. The maximum atomic E-state index is 12.3. The first-order chi connectivity index (χ1) is 10.8. The van der Waals surface area contributed by atoms with E-state index in [4.69, 9.17) is 0 Å². The third-order valence-electron chi connectivity index (χ3n) is 3.80. The molecule has 1 rings (SSSR count). The van der Waals surface area contributed by atoms with Crippen molar-refractivity contribution in [2.75, 3.05) is 43.9 Å². The predicted molar refractivity (Wildman–Crippen MR) is 116 cm³/mol. The highest BCUT2D eigenvalue weighted by atomic mass is 127. The van der Waals surface area contributed by atoms with Crippen LogP contribution in [0.15, 0.2) is 4.99 Å². The van der Waals surface area contributed by atoms with Gasteiger partial charge in [-0.25, -0.2) is 12.7 Å². The van der Waals surface area contributed by atoms with E-state index in [1.165, 1.54) is 0 Å². The molecule has 1 aliphatic heterocycles. The zero-order valence-corrected chi connectivity index (χ0v) is 19.2. The Bertz CT molecular complexity index is 466. The molecule has 1 unspecified atom stereocenters. The molecule has 1 aliphatic rings. The summed E-state index contributed by atoms with van der Waals surface area (Å²) in [4.78, 5) is 4.17. The Morgan fingerprint density at radius 2 is 1.83 bits per heavy atom. The number of nitrogens with zero attached hydrogens (tertiary/aromatic N) is 2. The van der Waals surface area contributed by atoms with Crippen LogP contribution < -0.4 is 10.6 Å². The zero-order valence-electron chi connectivity index (χ0n) is 15.2. The van der Waals surface area contributed by atoms with Crippen LogP contribution in [-0.4, -0.2) is 68.7 Å². The van der Waals surface area contributed by atoms with Gasteiger partial charge >= 0.3 is 0 Å². The van der Waals surface area contributed by atoms with Gasteiger partial charge in [0.1, 0.15) is 0 Å². The first kappa shape index (κ1) is 24.3. The SMILES string of the molecule is CN=C(NCCS(=O)(=O)N1CCSCC1)NC(C)CCC(C)C.I. The zero-order chi connectivity index (χ0) is 17.3. The van der Waals surface area contributed by atoms with E-state index in [2.05, 4.69) is 36.4 Å². The van der Waals surface area contributed by atoms with Crippen LogP contribution in [0.2, 0.25) is 0 Å². The predicted octanol–water partition coefficient (Wildman–Crippen LogP) is 1.97. The summed E-state index contributed by atoms with van der Waals surface area (Å²) in [5.74, 6) is 3.25. The van der Waals surface area contributed by atoms with Crippen LogP contribution in [0.1, 0.15) is 33.6 Å². The molecule has 0 amide bonds. The summed E-state index contributed by atoms with van der Waals surface area (Å²) in [6.07, 6.45) is 2.23. The Balaban J connectivity index is 0.00000529. The number of hydrogen-bond donors (Lipinski definition) is 2. The summed E-state index contributed by atoms with van der Waals surface area (Å²) in [6, 6.07) is 0.319. The smallest absolute Gasteiger partial charge is 0.215 e. The van der Waals surface area contributed by atoms with Crippen LogP contribution in [0.3, 0.4) is 0 Å². The van der Waals surface area contributed by atoms with E-state index in [1.807, 2.05) is 11.8 Å². The van der Waals surface area contributed by atoms with E-state index in [9.17, 15) is 8.42 Å². The van der Waals surface area contributed by atoms with Gasteiger partial charge in [0.2, 0.25) is 10.0 Å². The van der Waals surface area contributed by atoms with Gasteiger partial charge in [-0.2, -0.15) is 11.8 Å². The summed E-state index contributed by atoms with van der Waals surface area (Å²) in [6.45, 7) is 8.19. The summed E-state index contributed by atoms with van der Waals surface area (Å²) in [7, 11) is -1.45. The van der Waals surface area contributed by atoms with E-state index in [0.29, 0.717) is 37.6 Å². The second kappa shape index (κ2) is 12.6. The van der Waals surface area contributed by atoms with Gasteiger partial charge in [0.25, 0.3) is 0 Å². The standard InChI is InChI=1S/C15H32N4O2S2.HI/c1-13(2)5-6-14(3)18-15(16-4)17-7-12-23(20,21)19-8-10-22-11-9-19;/h13-14H,5-12H2,1-4H3,(H2,16,17,18);1H. The molecule has 1 atom stereocenters. The quantitative estimate of drug-likeness (QED) is 0.308. The Morgan fingerprint density at radius 1 is 1.21 bits per heavy atom. The van der Waals surface area contributed by atoms with Crippen LogP contribution in [0.25, 0.3) is 0 Å². The fourth-order valence-corrected chi connectivity index (χ4v) is 4.83. The highest BCUT2D eigenvalue weighted by Gasteiger charge is 2.23. The van der Waals surface area contributed by atoms with Crippen LogP contribution in [0, 0.1) is 5.92 Å². The number of thioether (sulfide) groups is 1. The summed E-state index contributed by atoms with van der Waals surface area (Å²) in [5, 5.41) is 6.43. The first-order valence-electron chi connectivity index (χ1n) is 8.38. The van der Waals surface area contributed by atoms with E-state index >= 15 is 0 Å². The van der Waals surface area contributed by atoms with Gasteiger partial charge in [-0.15, -0.1) is 24.0 Å². The molecule has 9 heteroatoms. The van der Waals surface area contributed by atoms with Gasteiger partial charge in [-0.1, -0.05) is 13.8 Å². The fraction of sp³-hybridized carbons (Fsp3) is 0.933. The second-order valence-corrected chi connectivity index (χ2v) is 9.66. The van der Waals surface area contributed by atoms with Crippen LogP contribution in [0.4, 0.5) is 0 Å². The van der Waals surface area contributed by atoms with E-state index in [0.717, 1.165) is 24.3 Å². The summed E-state index contributed by atoms with van der Waals surface area (Å²) >= 11 is 1.81. The molecule has 6 nitrogen and oxygen atoms in total. The molecule has 0 aliphatic carbocycles. The maximum absolute atomic E-state index is 12.3. The molecule has 0 saturated carbocycles. The Morgan fingerprint density at radius 3 is 2.38 bits per heavy atom. The van der Waals surface area contributed by atoms with Gasteiger partial charge in [0, 0.05) is 44.2 Å². The molecule has 1 fully saturated rings. The molecule has 24 heavy (non-hydrogen) atoms. The topological polar surface area (TPSA) is 73.8 Å². The number of halogens is 1. The van der Waals surface area contributed by atoms with Gasteiger partial charge < -0.3 is 10.6 Å². The average Bonchev–Trinajstić information content (AvgIpc) is 2.52. The van der Waals surface area contributed by atoms with E-state index < -0.39 is 10.0 Å². The molecule has 1 saturated heterocycles. The third-order valence-corrected chi connectivity index (χ3v) is 6.61. The largest absolute Gasteiger partial charge is 0.355 e. The number of aliphatic imine (C=N–C) groups is 1. The lowest BCUT2D eigenvalue weighted by Crippen LogP contribution is -2.46. The van der Waals surface area contributed by atoms with Crippen LogP contribution in [0.5, 0.6) is 0 Å². The number of nitrogens with one attached hydrogen (secondary N) is 2. The second-order valence-electron chi connectivity index (χ2n) is 6.34. The summed E-state index contributed by atoms with van der Waals surface area (Å²) in [5.41, 5.74) is 0. The highest BCUT2D eigenvalue weighted by Crippen LogP contribution is 2.13. The molecule has 144 valence electrons. The molecule has 0 bridgehead atoms. The number of guanidine groups is 1. The van der Waals surface area contributed by atoms with Crippen LogP contribution >= 0.6 is 35.7 Å². The molecule has 0 aromatic heterocycles. The van der Waals surface area contributed by atoms with Crippen molar-refractivity contribution in [1.29, 1.82) is 0 Å². The third kappa shape index (κ3) is 9.67. The minimum absolute atomic E-state index is 0. The van der Waals surface area contributed by atoms with Gasteiger partial charge in [0.15, 0.2) is 5.96 Å². The van der Waals surface area contributed by atoms with Crippen molar-refractivity contribution in [2.24, 2.45) is 10.9 Å². The lowest BCUT2D eigenvalue weighted by molar-refractivity contribution is 0.443. The molecule has 2 N–H and O–H groups in total. The lowest BCUT2D eigenvalue weighted by Gasteiger charge is -2.26. The normalized spacial score (nSPS) is 18.1. The Kier molecular flexibility index (Phi) is 12.7. The van der Waals surface area contributed by atoms with Crippen molar-refractivity contribution in [3.05, 3.63) is 0 Å². The van der Waals surface area contributed by atoms with E-state index in [1.54, 1.807) is 11.4 Å². The Hall–Kier alpha value is 0.260. The van der Waals surface area contributed by atoms with Gasteiger partial charge in [-0.05, 0) is 25.7 Å². The van der Waals surface area contributed by atoms with Crippen molar-refractivity contribution < 1.29 is 8.42 Å². The molecule has 0 aromatic carbocycles. The highest BCUT2D eigenvalue weighted by molar-refractivity contribution is 14.0. The van der Waals surface area contributed by atoms with Gasteiger partial charge in [0.05, 0.1) is 5.75 Å². The summed E-state index contributed by atoms with van der Waals surface area (Å²) < 4.78 is 26.1. The molecule has 0 spiro atoms. The molecule has 0 aromatic rings. The van der Waals surface area contributed by atoms with Crippen molar-refractivity contribution in [1.82, 2.24) is 14.9 Å². The number of rotatable bonds is 8. The van der Waals surface area contributed by atoms with Crippen LogP contribution in [-0.2, 0) is 10.0 Å². The van der Waals surface area contributed by atoms with E-state index in [-0.39, 0.29) is 29.7 Å². The van der Waals surface area contributed by atoms with Crippen molar-refractivity contribution in [3.63, 3.8) is 0 Å². The van der Waals surface area contributed by atoms with Crippen molar-refractivity contribution >= 4 is 51.7 Å². The van der Waals surface area contributed by atoms with Crippen molar-refractivity contribution in [2.45, 2.75) is 39.7 Å². The lowest BCUT2D eigenvalue weighted by atomic mass is 10.0.